The van der Waals surface area contributed by atoms with Gasteiger partial charge in [-0.1, -0.05) is 11.8 Å². The number of ether oxygens (including phenoxy) is 1. The van der Waals surface area contributed by atoms with Gasteiger partial charge in [-0.15, -0.1) is 5.10 Å². The Bertz CT molecular complexity index is 412. The molecule has 0 aliphatic rings. The van der Waals surface area contributed by atoms with Crippen LogP contribution in [0, 0.1) is 0 Å². The van der Waals surface area contributed by atoms with E-state index in [0.29, 0.717) is 13.0 Å². The van der Waals surface area contributed by atoms with Crippen molar-refractivity contribution in [1.29, 1.82) is 0 Å². The van der Waals surface area contributed by atoms with Gasteiger partial charge < -0.3 is 15.0 Å². The monoisotopic (exact) mass is 316 g/mol. The number of nitrogens with one attached hydrogen (secondary N) is 1. The summed E-state index contributed by atoms with van der Waals surface area (Å²) in [6.07, 6.45) is 1.38. The maximum atomic E-state index is 11.5. The molecule has 0 spiro atoms. The van der Waals surface area contributed by atoms with Crippen LogP contribution in [0.4, 0.5) is 0 Å². The first kappa shape index (κ1) is 17.9. The van der Waals surface area contributed by atoms with Crippen LogP contribution in [0.5, 0.6) is 0 Å². The quantitative estimate of drug-likeness (QED) is 0.449. The zero-order valence-electron chi connectivity index (χ0n) is 12.9. The van der Waals surface area contributed by atoms with Crippen molar-refractivity contribution in [3.63, 3.8) is 0 Å². The predicted octanol–water partition coefficient (Wildman–Crippen LogP) is -0.130. The summed E-state index contributed by atoms with van der Waals surface area (Å²) < 4.78 is 6.74. The Morgan fingerprint density at radius 3 is 2.95 bits per heavy atom. The third-order valence-corrected chi connectivity index (χ3v) is 3.79. The van der Waals surface area contributed by atoms with Crippen LogP contribution in [0.15, 0.2) is 5.16 Å². The number of hydrogen-bond donors (Lipinski definition) is 1. The van der Waals surface area contributed by atoms with E-state index in [1.165, 1.54) is 0 Å². The summed E-state index contributed by atoms with van der Waals surface area (Å²) in [5, 5.41) is 15.7. The predicted molar refractivity (Wildman–Crippen MR) is 81.2 cm³/mol. The lowest BCUT2D eigenvalue weighted by atomic mass is 10.3. The number of aromatic nitrogens is 4. The summed E-state index contributed by atoms with van der Waals surface area (Å²) in [7, 11) is 5.22. The second-order valence-corrected chi connectivity index (χ2v) is 5.73. The molecule has 21 heavy (non-hydrogen) atoms. The molecule has 9 heteroatoms. The van der Waals surface area contributed by atoms with Gasteiger partial charge in [0.05, 0.1) is 13.2 Å². The fourth-order valence-electron chi connectivity index (χ4n) is 1.53. The molecule has 8 nitrogen and oxygen atoms in total. The molecule has 0 unspecified atom stereocenters. The van der Waals surface area contributed by atoms with Crippen LogP contribution in [0.2, 0.25) is 0 Å². The van der Waals surface area contributed by atoms with Crippen LogP contribution in [-0.4, -0.2) is 77.7 Å². The molecule has 1 amide bonds. The van der Waals surface area contributed by atoms with Gasteiger partial charge in [-0.3, -0.25) is 4.79 Å². The Morgan fingerprint density at radius 1 is 1.43 bits per heavy atom. The fourth-order valence-corrected chi connectivity index (χ4v) is 2.38. The zero-order chi connectivity index (χ0) is 15.5. The van der Waals surface area contributed by atoms with E-state index < -0.39 is 0 Å². The highest BCUT2D eigenvalue weighted by molar-refractivity contribution is 7.99. The Labute approximate surface area is 129 Å². The summed E-state index contributed by atoms with van der Waals surface area (Å²) >= 11 is 1.58. The van der Waals surface area contributed by atoms with Crippen molar-refractivity contribution in [1.82, 2.24) is 30.4 Å². The average Bonchev–Trinajstić information content (AvgIpc) is 2.90. The van der Waals surface area contributed by atoms with Gasteiger partial charge >= 0.3 is 0 Å². The van der Waals surface area contributed by atoms with Crippen molar-refractivity contribution in [2.24, 2.45) is 0 Å². The molecule has 1 aromatic rings. The highest BCUT2D eigenvalue weighted by Crippen LogP contribution is 2.15. The number of thioether (sulfide) groups is 1. The fraction of sp³-hybridized carbons (Fsp3) is 0.833. The van der Waals surface area contributed by atoms with Gasteiger partial charge in [-0.25, -0.2) is 4.68 Å². The van der Waals surface area contributed by atoms with Crippen LogP contribution in [0.3, 0.4) is 0 Å². The van der Waals surface area contributed by atoms with Crippen LogP contribution in [0.1, 0.15) is 12.8 Å². The Morgan fingerprint density at radius 2 is 2.24 bits per heavy atom. The zero-order valence-corrected chi connectivity index (χ0v) is 13.7. The lowest BCUT2D eigenvalue weighted by molar-refractivity contribution is -0.128. The molecular formula is C12H24N6O2S. The van der Waals surface area contributed by atoms with Crippen molar-refractivity contribution >= 4 is 17.7 Å². The highest BCUT2D eigenvalue weighted by atomic mass is 32.2. The van der Waals surface area contributed by atoms with Gasteiger partial charge in [-0.05, 0) is 16.8 Å². The maximum absolute atomic E-state index is 11.5. The van der Waals surface area contributed by atoms with E-state index in [4.69, 9.17) is 4.74 Å². The molecule has 0 aromatic carbocycles. The molecular weight excluding hydrogens is 292 g/mol. The van der Waals surface area contributed by atoms with Crippen LogP contribution in [-0.2, 0) is 16.1 Å². The number of carbonyl (C=O) groups is 1. The molecule has 1 rings (SSSR count). The topological polar surface area (TPSA) is 85.2 Å². The number of nitrogens with zero attached hydrogens (tertiary/aromatic N) is 5. The standard InChI is InChI=1S/C12H24N6O2S/c1-17(2)11(19)5-4-10-21-12-14-15-16-18(12)8-6-13-7-9-20-3/h13H,4-10H2,1-3H3. The number of hydrogen-bond acceptors (Lipinski definition) is 7. The van der Waals surface area contributed by atoms with Crippen molar-refractivity contribution in [3.8, 4) is 0 Å². The van der Waals surface area contributed by atoms with Crippen molar-refractivity contribution in [2.45, 2.75) is 24.5 Å². The summed E-state index contributed by atoms with van der Waals surface area (Å²) in [5.74, 6) is 0.981. The van der Waals surface area contributed by atoms with Crippen molar-refractivity contribution < 1.29 is 9.53 Å². The van der Waals surface area contributed by atoms with E-state index in [1.807, 2.05) is 0 Å². The minimum Gasteiger partial charge on any atom is -0.383 e. The van der Waals surface area contributed by atoms with Gasteiger partial charge in [0.1, 0.15) is 0 Å². The van der Waals surface area contributed by atoms with Gasteiger partial charge in [0, 0.05) is 46.5 Å². The minimum atomic E-state index is 0.150. The molecule has 0 atom stereocenters. The van der Waals surface area contributed by atoms with Gasteiger partial charge in [0.15, 0.2) is 0 Å². The third kappa shape index (κ3) is 7.39. The lowest BCUT2D eigenvalue weighted by Crippen LogP contribution is -2.24. The van der Waals surface area contributed by atoms with Gasteiger partial charge in [0.2, 0.25) is 11.1 Å². The first-order valence-electron chi connectivity index (χ1n) is 6.94. The lowest BCUT2D eigenvalue weighted by Gasteiger charge is -2.09. The molecule has 1 N–H and O–H groups in total. The average molecular weight is 316 g/mol. The minimum absolute atomic E-state index is 0.150. The largest absolute Gasteiger partial charge is 0.383 e. The molecule has 0 fully saturated rings. The van der Waals surface area contributed by atoms with E-state index in [2.05, 4.69) is 20.8 Å². The van der Waals surface area contributed by atoms with E-state index in [0.717, 1.165) is 37.0 Å². The number of methoxy groups -OCH3 is 1. The number of tetrazole rings is 1. The molecule has 1 aromatic heterocycles. The molecule has 1 heterocycles. The number of carbonyl (C=O) groups excluding carboxylic acids is 1. The second kappa shape index (κ2) is 10.5. The van der Waals surface area contributed by atoms with Crippen LogP contribution in [0.25, 0.3) is 0 Å². The van der Waals surface area contributed by atoms with E-state index >= 15 is 0 Å². The Balaban J connectivity index is 2.20. The molecule has 0 aliphatic heterocycles. The molecule has 0 radical (unpaired) electrons. The van der Waals surface area contributed by atoms with E-state index in [1.54, 1.807) is 42.5 Å². The molecule has 0 saturated heterocycles. The highest BCUT2D eigenvalue weighted by Gasteiger charge is 2.08. The number of rotatable bonds is 11. The smallest absolute Gasteiger partial charge is 0.222 e. The molecule has 0 aliphatic carbocycles. The SMILES string of the molecule is COCCNCCn1nnnc1SCCCC(=O)N(C)C. The molecule has 0 saturated carbocycles. The van der Waals surface area contributed by atoms with E-state index in [9.17, 15) is 4.79 Å². The summed E-state index contributed by atoms with van der Waals surface area (Å²) in [5.41, 5.74) is 0. The Kier molecular flexibility index (Phi) is 8.95. The first-order chi connectivity index (χ1) is 10.1. The summed E-state index contributed by atoms with van der Waals surface area (Å²) in [4.78, 5) is 13.1. The van der Waals surface area contributed by atoms with Gasteiger partial charge in [-0.2, -0.15) is 0 Å². The summed E-state index contributed by atoms with van der Waals surface area (Å²) in [6.45, 7) is 3.02. The molecule has 120 valence electrons. The van der Waals surface area contributed by atoms with Gasteiger partial charge in [0.25, 0.3) is 0 Å². The first-order valence-corrected chi connectivity index (χ1v) is 7.92. The number of amides is 1. The summed E-state index contributed by atoms with van der Waals surface area (Å²) in [6, 6.07) is 0. The second-order valence-electron chi connectivity index (χ2n) is 4.67. The molecule has 0 bridgehead atoms. The van der Waals surface area contributed by atoms with Crippen LogP contribution < -0.4 is 5.32 Å². The van der Waals surface area contributed by atoms with Crippen LogP contribution >= 0.6 is 11.8 Å². The maximum Gasteiger partial charge on any atom is 0.222 e. The van der Waals surface area contributed by atoms with Crippen molar-refractivity contribution in [3.05, 3.63) is 0 Å². The van der Waals surface area contributed by atoms with E-state index in [-0.39, 0.29) is 5.91 Å². The Hall–Kier alpha value is -1.19. The third-order valence-electron chi connectivity index (χ3n) is 2.75. The van der Waals surface area contributed by atoms with Crippen molar-refractivity contribution in [2.75, 3.05) is 46.7 Å². The normalized spacial score (nSPS) is 10.8.